The van der Waals surface area contributed by atoms with Crippen LogP contribution in [0.4, 0.5) is 4.79 Å². The molecule has 0 unspecified atom stereocenters. The van der Waals surface area contributed by atoms with Gasteiger partial charge in [0, 0.05) is 4.47 Å². The fourth-order valence-corrected chi connectivity index (χ4v) is 3.23. The van der Waals surface area contributed by atoms with Crippen LogP contribution in [0, 0.1) is 0 Å². The largest absolute Gasteiger partial charge is 0.493 e. The first-order chi connectivity index (χ1) is 14.4. The second-order valence-electron chi connectivity index (χ2n) is 6.09. The van der Waals surface area contributed by atoms with E-state index in [1.807, 2.05) is 6.92 Å². The van der Waals surface area contributed by atoms with E-state index >= 15 is 0 Å². The lowest BCUT2D eigenvalue weighted by atomic mass is 10.1. The van der Waals surface area contributed by atoms with Gasteiger partial charge in [-0.15, -0.1) is 0 Å². The molecule has 1 aliphatic heterocycles. The standard InChI is InChI=1S/C20H19BrN2O7/c1-4-29-17-8-11(13(21)9-16(17)27-2)7-14-18(24)23(20(26)22-14)10-12-5-6-15(30-12)19(25)28-3/h5-9H,4,10H2,1-3H3,(H,22,26)/b14-7-. The van der Waals surface area contributed by atoms with Gasteiger partial charge in [0.05, 0.1) is 27.4 Å². The maximum atomic E-state index is 12.7. The van der Waals surface area contributed by atoms with Crippen molar-refractivity contribution < 1.29 is 33.0 Å². The number of carbonyl (C=O) groups excluding carboxylic acids is 3. The summed E-state index contributed by atoms with van der Waals surface area (Å²) in [4.78, 5) is 37.5. The van der Waals surface area contributed by atoms with Crippen LogP contribution >= 0.6 is 15.9 Å². The van der Waals surface area contributed by atoms with Crippen LogP contribution in [0.5, 0.6) is 11.5 Å². The molecule has 0 aliphatic carbocycles. The van der Waals surface area contributed by atoms with E-state index in [1.54, 1.807) is 12.1 Å². The highest BCUT2D eigenvalue weighted by Gasteiger charge is 2.34. The molecule has 158 valence electrons. The van der Waals surface area contributed by atoms with Crippen LogP contribution in [-0.2, 0) is 16.1 Å². The summed E-state index contributed by atoms with van der Waals surface area (Å²) >= 11 is 3.43. The number of rotatable bonds is 7. The molecule has 2 heterocycles. The van der Waals surface area contributed by atoms with E-state index in [1.165, 1.54) is 32.4 Å². The SMILES string of the molecule is CCOc1cc(/C=C2\NC(=O)N(Cc3ccc(C(=O)OC)o3)C2=O)c(Br)cc1OC. The van der Waals surface area contributed by atoms with Gasteiger partial charge in [0.1, 0.15) is 11.5 Å². The van der Waals surface area contributed by atoms with E-state index in [-0.39, 0.29) is 23.8 Å². The first-order valence-corrected chi connectivity index (χ1v) is 9.69. The molecule has 2 aromatic rings. The molecule has 0 bridgehead atoms. The Hall–Kier alpha value is -3.27. The molecule has 1 aliphatic rings. The van der Waals surface area contributed by atoms with Gasteiger partial charge in [-0.25, -0.2) is 9.59 Å². The van der Waals surface area contributed by atoms with Crippen molar-refractivity contribution in [3.05, 3.63) is 51.5 Å². The van der Waals surface area contributed by atoms with Crippen molar-refractivity contribution in [3.8, 4) is 11.5 Å². The van der Waals surface area contributed by atoms with Gasteiger partial charge in [0.15, 0.2) is 11.5 Å². The summed E-state index contributed by atoms with van der Waals surface area (Å²) in [5.74, 6) is 0.124. The number of methoxy groups -OCH3 is 2. The van der Waals surface area contributed by atoms with Gasteiger partial charge in [-0.2, -0.15) is 0 Å². The van der Waals surface area contributed by atoms with Crippen LogP contribution in [0.1, 0.15) is 28.8 Å². The summed E-state index contributed by atoms with van der Waals surface area (Å²) < 4.78 is 21.4. The Kier molecular flexibility index (Phi) is 6.46. The van der Waals surface area contributed by atoms with Crippen molar-refractivity contribution in [2.75, 3.05) is 20.8 Å². The van der Waals surface area contributed by atoms with E-state index in [0.717, 1.165) is 4.90 Å². The van der Waals surface area contributed by atoms with Gasteiger partial charge in [-0.1, -0.05) is 15.9 Å². The van der Waals surface area contributed by atoms with Crippen molar-refractivity contribution in [1.29, 1.82) is 0 Å². The number of furan rings is 1. The van der Waals surface area contributed by atoms with E-state index in [9.17, 15) is 14.4 Å². The number of nitrogens with one attached hydrogen (secondary N) is 1. The molecular formula is C20H19BrN2O7. The van der Waals surface area contributed by atoms with Gasteiger partial charge in [0.25, 0.3) is 5.91 Å². The first-order valence-electron chi connectivity index (χ1n) is 8.89. The van der Waals surface area contributed by atoms with Crippen molar-refractivity contribution in [2.24, 2.45) is 0 Å². The molecular weight excluding hydrogens is 460 g/mol. The average Bonchev–Trinajstić information content (AvgIpc) is 3.30. The van der Waals surface area contributed by atoms with Gasteiger partial charge >= 0.3 is 12.0 Å². The number of nitrogens with zero attached hydrogens (tertiary/aromatic N) is 1. The van der Waals surface area contributed by atoms with E-state index < -0.39 is 17.9 Å². The van der Waals surface area contributed by atoms with Crippen molar-refractivity contribution in [1.82, 2.24) is 10.2 Å². The molecule has 1 fully saturated rings. The second kappa shape index (κ2) is 9.04. The molecule has 0 atom stereocenters. The predicted molar refractivity (Wildman–Crippen MR) is 109 cm³/mol. The molecule has 10 heteroatoms. The minimum atomic E-state index is -0.645. The summed E-state index contributed by atoms with van der Waals surface area (Å²) in [6.07, 6.45) is 1.54. The van der Waals surface area contributed by atoms with E-state index in [2.05, 4.69) is 26.0 Å². The highest BCUT2D eigenvalue weighted by Crippen LogP contribution is 2.35. The third kappa shape index (κ3) is 4.33. The number of hydrogen-bond donors (Lipinski definition) is 1. The Balaban J connectivity index is 1.83. The molecule has 3 amide bonds. The zero-order valence-electron chi connectivity index (χ0n) is 16.5. The Labute approximate surface area is 180 Å². The number of ether oxygens (including phenoxy) is 3. The summed E-state index contributed by atoms with van der Waals surface area (Å²) in [5, 5.41) is 2.54. The fraction of sp³-hybridized carbons (Fsp3) is 0.250. The lowest BCUT2D eigenvalue weighted by molar-refractivity contribution is -0.123. The molecule has 0 saturated carbocycles. The highest BCUT2D eigenvalue weighted by atomic mass is 79.9. The van der Waals surface area contributed by atoms with Crippen molar-refractivity contribution >= 4 is 39.9 Å². The second-order valence-corrected chi connectivity index (χ2v) is 6.95. The highest BCUT2D eigenvalue weighted by molar-refractivity contribution is 9.10. The van der Waals surface area contributed by atoms with Crippen LogP contribution in [0.3, 0.4) is 0 Å². The Morgan fingerprint density at radius 1 is 1.23 bits per heavy atom. The molecule has 0 spiro atoms. The third-order valence-electron chi connectivity index (χ3n) is 4.21. The number of hydrogen-bond acceptors (Lipinski definition) is 7. The summed E-state index contributed by atoms with van der Waals surface area (Å²) in [6, 6.07) is 5.74. The average molecular weight is 479 g/mol. The summed E-state index contributed by atoms with van der Waals surface area (Å²) in [6.45, 7) is 2.15. The minimum Gasteiger partial charge on any atom is -0.493 e. The van der Waals surface area contributed by atoms with Gasteiger partial charge in [0.2, 0.25) is 5.76 Å². The number of amides is 3. The molecule has 30 heavy (non-hydrogen) atoms. The normalized spacial score (nSPS) is 14.8. The van der Waals surface area contributed by atoms with Crippen LogP contribution in [0.25, 0.3) is 6.08 Å². The smallest absolute Gasteiger partial charge is 0.373 e. The van der Waals surface area contributed by atoms with E-state index in [0.29, 0.717) is 28.1 Å². The lowest BCUT2D eigenvalue weighted by Gasteiger charge is -2.12. The quantitative estimate of drug-likeness (QED) is 0.369. The lowest BCUT2D eigenvalue weighted by Crippen LogP contribution is -2.30. The molecule has 1 aromatic carbocycles. The molecule has 1 N–H and O–H groups in total. The summed E-state index contributed by atoms with van der Waals surface area (Å²) in [7, 11) is 2.76. The number of benzene rings is 1. The predicted octanol–water partition coefficient (Wildman–Crippen LogP) is 3.33. The van der Waals surface area contributed by atoms with Gasteiger partial charge in [-0.3, -0.25) is 9.69 Å². The molecule has 3 rings (SSSR count). The maximum absolute atomic E-state index is 12.7. The van der Waals surface area contributed by atoms with Crippen LogP contribution in [-0.4, -0.2) is 43.6 Å². The summed E-state index contributed by atoms with van der Waals surface area (Å²) in [5.41, 5.74) is 0.712. The third-order valence-corrected chi connectivity index (χ3v) is 4.89. The zero-order valence-corrected chi connectivity index (χ0v) is 18.1. The Morgan fingerprint density at radius 3 is 2.67 bits per heavy atom. The minimum absolute atomic E-state index is 0.0130. The Bertz CT molecular complexity index is 1030. The van der Waals surface area contributed by atoms with Gasteiger partial charge < -0.3 is 23.9 Å². The number of halogens is 1. The maximum Gasteiger partial charge on any atom is 0.373 e. The number of imide groups is 1. The topological polar surface area (TPSA) is 107 Å². The van der Waals surface area contributed by atoms with Crippen LogP contribution in [0.15, 0.2) is 38.9 Å². The number of urea groups is 1. The van der Waals surface area contributed by atoms with Crippen molar-refractivity contribution in [2.45, 2.75) is 13.5 Å². The van der Waals surface area contributed by atoms with Crippen LogP contribution in [0.2, 0.25) is 0 Å². The van der Waals surface area contributed by atoms with Gasteiger partial charge in [-0.05, 0) is 42.8 Å². The van der Waals surface area contributed by atoms with Crippen LogP contribution < -0.4 is 14.8 Å². The fourth-order valence-electron chi connectivity index (χ4n) is 2.79. The van der Waals surface area contributed by atoms with E-state index in [4.69, 9.17) is 13.9 Å². The van der Waals surface area contributed by atoms with Crippen molar-refractivity contribution in [3.63, 3.8) is 0 Å². The molecule has 1 saturated heterocycles. The monoisotopic (exact) mass is 478 g/mol. The molecule has 9 nitrogen and oxygen atoms in total. The Morgan fingerprint density at radius 2 is 2.00 bits per heavy atom. The molecule has 0 radical (unpaired) electrons. The zero-order chi connectivity index (χ0) is 21.8. The number of esters is 1. The number of carbonyl (C=O) groups is 3. The first kappa shape index (κ1) is 21.4. The molecule has 1 aromatic heterocycles.